The number of aromatic nitrogens is 1. The molecular formula is C17H15FN4O3. The third-order valence-electron chi connectivity index (χ3n) is 4.27. The van der Waals surface area contributed by atoms with Crippen molar-refractivity contribution in [2.75, 3.05) is 23.7 Å². The molecule has 0 saturated carbocycles. The highest BCUT2D eigenvalue weighted by Gasteiger charge is 2.47. The van der Waals surface area contributed by atoms with E-state index in [1.165, 1.54) is 30.3 Å². The third-order valence-corrected chi connectivity index (χ3v) is 4.27. The summed E-state index contributed by atoms with van der Waals surface area (Å²) < 4.78 is 18.8. The second-order valence-corrected chi connectivity index (χ2v) is 5.99. The van der Waals surface area contributed by atoms with Crippen molar-refractivity contribution in [2.45, 2.75) is 12.0 Å². The summed E-state index contributed by atoms with van der Waals surface area (Å²) in [4.78, 5) is 28.8. The molecule has 2 aliphatic heterocycles. The van der Waals surface area contributed by atoms with Crippen LogP contribution in [-0.4, -0.2) is 35.5 Å². The van der Waals surface area contributed by atoms with Crippen molar-refractivity contribution in [2.24, 2.45) is 0 Å². The van der Waals surface area contributed by atoms with Crippen LogP contribution >= 0.6 is 0 Å². The van der Waals surface area contributed by atoms with Gasteiger partial charge in [-0.05, 0) is 42.9 Å². The number of pyridine rings is 1. The minimum absolute atomic E-state index is 0.139. The van der Waals surface area contributed by atoms with Gasteiger partial charge in [-0.1, -0.05) is 0 Å². The van der Waals surface area contributed by atoms with E-state index in [1.807, 2.05) is 0 Å². The summed E-state index contributed by atoms with van der Waals surface area (Å²) in [5.41, 5.74) is 0.0456. The lowest BCUT2D eigenvalue weighted by Gasteiger charge is -2.32. The Labute approximate surface area is 142 Å². The fourth-order valence-electron chi connectivity index (χ4n) is 2.89. The SMILES string of the molecule is O=C(Nc1ccc(F)cc1)c1ccc2c(n1)OC1(CCNC1)C(=O)N2. The summed E-state index contributed by atoms with van der Waals surface area (Å²) in [6.45, 7) is 1.07. The molecule has 1 fully saturated rings. The van der Waals surface area contributed by atoms with Crippen LogP contribution in [0.1, 0.15) is 16.9 Å². The second-order valence-electron chi connectivity index (χ2n) is 5.99. The molecule has 1 aromatic carbocycles. The van der Waals surface area contributed by atoms with Crippen LogP contribution in [0.2, 0.25) is 0 Å². The molecular weight excluding hydrogens is 327 g/mol. The van der Waals surface area contributed by atoms with Crippen LogP contribution in [-0.2, 0) is 4.79 Å². The predicted octanol–water partition coefficient (Wildman–Crippen LogP) is 1.54. The maximum Gasteiger partial charge on any atom is 0.274 e. The van der Waals surface area contributed by atoms with E-state index in [9.17, 15) is 14.0 Å². The Morgan fingerprint density at radius 1 is 1.24 bits per heavy atom. The van der Waals surface area contributed by atoms with Crippen molar-refractivity contribution in [3.63, 3.8) is 0 Å². The van der Waals surface area contributed by atoms with Gasteiger partial charge in [-0.3, -0.25) is 9.59 Å². The first-order valence-electron chi connectivity index (χ1n) is 7.85. The highest BCUT2D eigenvalue weighted by atomic mass is 19.1. The Kier molecular flexibility index (Phi) is 3.61. The van der Waals surface area contributed by atoms with Gasteiger partial charge < -0.3 is 20.7 Å². The standard InChI is InChI=1S/C17H15FN4O3/c18-10-1-3-11(4-2-10)20-14(23)12-5-6-13-15(21-12)25-17(16(24)22-13)7-8-19-9-17/h1-6,19H,7-9H2,(H,20,23)(H,22,24). The van der Waals surface area contributed by atoms with Gasteiger partial charge >= 0.3 is 0 Å². The van der Waals surface area contributed by atoms with Gasteiger partial charge in [0.25, 0.3) is 11.8 Å². The molecule has 4 rings (SSSR count). The number of anilines is 2. The largest absolute Gasteiger partial charge is 0.458 e. The summed E-state index contributed by atoms with van der Waals surface area (Å²) in [6.07, 6.45) is 0.534. The van der Waals surface area contributed by atoms with Gasteiger partial charge in [-0.15, -0.1) is 0 Å². The van der Waals surface area contributed by atoms with Crippen molar-refractivity contribution in [1.29, 1.82) is 0 Å². The van der Waals surface area contributed by atoms with E-state index in [0.29, 0.717) is 30.9 Å². The number of hydrogen-bond acceptors (Lipinski definition) is 5. The van der Waals surface area contributed by atoms with Crippen molar-refractivity contribution in [3.05, 3.63) is 47.9 Å². The highest BCUT2D eigenvalue weighted by Crippen LogP contribution is 2.35. The van der Waals surface area contributed by atoms with Gasteiger partial charge in [0.15, 0.2) is 0 Å². The highest BCUT2D eigenvalue weighted by molar-refractivity contribution is 6.04. The smallest absolute Gasteiger partial charge is 0.274 e. The van der Waals surface area contributed by atoms with Gasteiger partial charge in [0.05, 0.1) is 0 Å². The Hall–Kier alpha value is -3.00. The fourth-order valence-corrected chi connectivity index (χ4v) is 2.89. The number of rotatable bonds is 2. The van der Waals surface area contributed by atoms with E-state index in [2.05, 4.69) is 20.9 Å². The number of hydrogen-bond donors (Lipinski definition) is 3. The molecule has 0 radical (unpaired) electrons. The van der Waals surface area contributed by atoms with E-state index in [0.717, 1.165) is 0 Å². The third kappa shape index (κ3) is 2.80. The van der Waals surface area contributed by atoms with Crippen LogP contribution in [0.5, 0.6) is 5.88 Å². The molecule has 0 aliphatic carbocycles. The molecule has 2 aliphatic rings. The minimum atomic E-state index is -0.980. The lowest BCUT2D eigenvalue weighted by molar-refractivity contribution is -0.131. The molecule has 25 heavy (non-hydrogen) atoms. The molecule has 3 heterocycles. The maximum atomic E-state index is 12.9. The average Bonchev–Trinajstić information content (AvgIpc) is 3.07. The number of halogens is 1. The van der Waals surface area contributed by atoms with E-state index in [-0.39, 0.29) is 23.3 Å². The van der Waals surface area contributed by atoms with Crippen LogP contribution in [0, 0.1) is 5.82 Å². The number of amides is 2. The molecule has 8 heteroatoms. The minimum Gasteiger partial charge on any atom is -0.458 e. The number of nitrogens with zero attached hydrogens (tertiary/aromatic N) is 1. The molecule has 7 nitrogen and oxygen atoms in total. The average molecular weight is 342 g/mol. The molecule has 3 N–H and O–H groups in total. The summed E-state index contributed by atoms with van der Waals surface area (Å²) in [7, 11) is 0. The first-order valence-corrected chi connectivity index (χ1v) is 7.85. The van der Waals surface area contributed by atoms with E-state index in [1.54, 1.807) is 6.07 Å². The second kappa shape index (κ2) is 5.82. The number of nitrogens with one attached hydrogen (secondary N) is 3. The Balaban J connectivity index is 1.57. The van der Waals surface area contributed by atoms with Gasteiger partial charge in [0, 0.05) is 18.7 Å². The Morgan fingerprint density at radius 3 is 2.76 bits per heavy atom. The van der Waals surface area contributed by atoms with E-state index >= 15 is 0 Å². The number of carbonyl (C=O) groups is 2. The lowest BCUT2D eigenvalue weighted by atomic mass is 10.0. The zero-order valence-corrected chi connectivity index (χ0v) is 13.1. The Morgan fingerprint density at radius 2 is 2.04 bits per heavy atom. The molecule has 0 bridgehead atoms. The maximum absolute atomic E-state index is 12.9. The fraction of sp³-hybridized carbons (Fsp3) is 0.235. The lowest BCUT2D eigenvalue weighted by Crippen LogP contribution is -2.52. The molecule has 1 aromatic heterocycles. The quantitative estimate of drug-likeness (QED) is 0.770. The van der Waals surface area contributed by atoms with Crippen LogP contribution in [0.25, 0.3) is 0 Å². The molecule has 128 valence electrons. The summed E-state index contributed by atoms with van der Waals surface area (Å²) >= 11 is 0. The summed E-state index contributed by atoms with van der Waals surface area (Å²) in [5, 5.41) is 8.51. The summed E-state index contributed by atoms with van der Waals surface area (Å²) in [5.74, 6) is -0.830. The molecule has 1 saturated heterocycles. The number of ether oxygens (including phenoxy) is 1. The first-order chi connectivity index (χ1) is 12.1. The zero-order chi connectivity index (χ0) is 17.4. The normalized spacial score (nSPS) is 21.4. The van der Waals surface area contributed by atoms with Crippen LogP contribution < -0.4 is 20.7 Å². The van der Waals surface area contributed by atoms with Gasteiger partial charge in [-0.25, -0.2) is 9.37 Å². The number of carbonyl (C=O) groups excluding carboxylic acids is 2. The van der Waals surface area contributed by atoms with Crippen LogP contribution in [0.4, 0.5) is 15.8 Å². The van der Waals surface area contributed by atoms with Gasteiger partial charge in [0.1, 0.15) is 17.2 Å². The van der Waals surface area contributed by atoms with E-state index < -0.39 is 11.5 Å². The van der Waals surface area contributed by atoms with E-state index in [4.69, 9.17) is 4.74 Å². The van der Waals surface area contributed by atoms with Gasteiger partial charge in [0.2, 0.25) is 11.5 Å². The molecule has 2 amide bonds. The number of benzene rings is 1. The van der Waals surface area contributed by atoms with Crippen LogP contribution in [0.15, 0.2) is 36.4 Å². The first kappa shape index (κ1) is 15.5. The summed E-state index contributed by atoms with van der Waals surface area (Å²) in [6, 6.07) is 8.50. The van der Waals surface area contributed by atoms with Crippen LogP contribution in [0.3, 0.4) is 0 Å². The van der Waals surface area contributed by atoms with Gasteiger partial charge in [-0.2, -0.15) is 0 Å². The van der Waals surface area contributed by atoms with Crippen molar-refractivity contribution < 1.29 is 18.7 Å². The van der Waals surface area contributed by atoms with Crippen molar-refractivity contribution >= 4 is 23.2 Å². The predicted molar refractivity (Wildman–Crippen MR) is 88.1 cm³/mol. The van der Waals surface area contributed by atoms with Crippen molar-refractivity contribution in [3.8, 4) is 5.88 Å². The molecule has 1 atom stereocenters. The molecule has 1 spiro atoms. The molecule has 2 aromatic rings. The van der Waals surface area contributed by atoms with Crippen molar-refractivity contribution in [1.82, 2.24) is 10.3 Å². The monoisotopic (exact) mass is 342 g/mol. The number of fused-ring (bicyclic) bond motifs is 1. The molecule has 1 unspecified atom stereocenters. The topological polar surface area (TPSA) is 92.3 Å². The Bertz CT molecular complexity index is 847. The zero-order valence-electron chi connectivity index (χ0n) is 13.1.